The molecule has 2 heterocycles. The molecule has 0 fully saturated rings. The Morgan fingerprint density at radius 2 is 2.33 bits per heavy atom. The van der Waals surface area contributed by atoms with Crippen LogP contribution in [0.25, 0.3) is 4.96 Å². The van der Waals surface area contributed by atoms with Crippen LogP contribution in [0.4, 0.5) is 0 Å². The summed E-state index contributed by atoms with van der Waals surface area (Å²) >= 11 is 1.71. The topological polar surface area (TPSA) is 43.3 Å². The Hall–Kier alpha value is -0.870. The van der Waals surface area contributed by atoms with E-state index in [1.807, 2.05) is 6.20 Å². The van der Waals surface area contributed by atoms with Gasteiger partial charge >= 0.3 is 0 Å². The number of imidazole rings is 1. The number of fused-ring (bicyclic) bond motifs is 1. The highest BCUT2D eigenvalue weighted by Crippen LogP contribution is 2.21. The molecule has 4 heteroatoms. The SMILES string of the molecule is Cc1sc2nc(CN)cn2c1C. The van der Waals surface area contributed by atoms with Gasteiger partial charge in [0, 0.05) is 23.3 Å². The van der Waals surface area contributed by atoms with Crippen molar-refractivity contribution in [2.75, 3.05) is 0 Å². The first-order valence-electron chi connectivity index (χ1n) is 3.86. The van der Waals surface area contributed by atoms with Crippen LogP contribution in [0.15, 0.2) is 6.20 Å². The standard InChI is InChI=1S/C8H11N3S/c1-5-6(2)12-8-10-7(3-9)4-11(5)8/h4H,3,9H2,1-2H3. The Labute approximate surface area is 74.8 Å². The van der Waals surface area contributed by atoms with Crippen molar-refractivity contribution >= 4 is 16.3 Å². The van der Waals surface area contributed by atoms with Crippen LogP contribution in [0.3, 0.4) is 0 Å². The van der Waals surface area contributed by atoms with Gasteiger partial charge < -0.3 is 5.73 Å². The maximum atomic E-state index is 5.49. The summed E-state index contributed by atoms with van der Waals surface area (Å²) in [6.07, 6.45) is 2.01. The second kappa shape index (κ2) is 2.57. The fraction of sp³-hybridized carbons (Fsp3) is 0.375. The fourth-order valence-electron chi connectivity index (χ4n) is 1.20. The third-order valence-electron chi connectivity index (χ3n) is 2.05. The molecule has 0 amide bonds. The average Bonchev–Trinajstić information content (AvgIpc) is 2.55. The minimum atomic E-state index is 0.521. The van der Waals surface area contributed by atoms with Gasteiger partial charge in [-0.15, -0.1) is 11.3 Å². The van der Waals surface area contributed by atoms with Crippen LogP contribution >= 0.6 is 11.3 Å². The van der Waals surface area contributed by atoms with Gasteiger partial charge in [-0.25, -0.2) is 4.98 Å². The van der Waals surface area contributed by atoms with Gasteiger partial charge in [-0.3, -0.25) is 4.40 Å². The molecule has 2 rings (SSSR count). The van der Waals surface area contributed by atoms with Crippen molar-refractivity contribution in [3.63, 3.8) is 0 Å². The van der Waals surface area contributed by atoms with Crippen LogP contribution < -0.4 is 5.73 Å². The first-order valence-corrected chi connectivity index (χ1v) is 4.68. The molecule has 0 unspecified atom stereocenters. The first kappa shape index (κ1) is 7.76. The van der Waals surface area contributed by atoms with Crippen molar-refractivity contribution in [2.45, 2.75) is 20.4 Å². The van der Waals surface area contributed by atoms with Crippen molar-refractivity contribution in [3.8, 4) is 0 Å². The summed E-state index contributed by atoms with van der Waals surface area (Å²) in [7, 11) is 0. The molecule has 3 nitrogen and oxygen atoms in total. The molecule has 0 radical (unpaired) electrons. The van der Waals surface area contributed by atoms with E-state index < -0.39 is 0 Å². The van der Waals surface area contributed by atoms with E-state index in [0.717, 1.165) is 10.7 Å². The first-order chi connectivity index (χ1) is 5.72. The number of aryl methyl sites for hydroxylation is 2. The molecule has 64 valence electrons. The molecule has 0 saturated heterocycles. The van der Waals surface area contributed by atoms with E-state index in [0.29, 0.717) is 6.54 Å². The van der Waals surface area contributed by atoms with Gasteiger partial charge in [0.25, 0.3) is 0 Å². The lowest BCUT2D eigenvalue weighted by Crippen LogP contribution is -1.95. The Kier molecular flexibility index (Phi) is 1.66. The number of nitrogens with zero attached hydrogens (tertiary/aromatic N) is 2. The van der Waals surface area contributed by atoms with Crippen LogP contribution in [0, 0.1) is 13.8 Å². The van der Waals surface area contributed by atoms with Crippen molar-refractivity contribution in [1.82, 2.24) is 9.38 Å². The average molecular weight is 181 g/mol. The summed E-state index contributed by atoms with van der Waals surface area (Å²) in [6, 6.07) is 0. The van der Waals surface area contributed by atoms with Crippen LogP contribution in [-0.2, 0) is 6.54 Å². The van der Waals surface area contributed by atoms with Crippen molar-refractivity contribution in [1.29, 1.82) is 0 Å². The lowest BCUT2D eigenvalue weighted by atomic mass is 10.4. The van der Waals surface area contributed by atoms with E-state index in [2.05, 4.69) is 23.2 Å². The van der Waals surface area contributed by atoms with E-state index in [1.165, 1.54) is 10.6 Å². The Morgan fingerprint density at radius 1 is 1.58 bits per heavy atom. The highest BCUT2D eigenvalue weighted by Gasteiger charge is 2.06. The number of thiazole rings is 1. The van der Waals surface area contributed by atoms with E-state index in [9.17, 15) is 0 Å². The summed E-state index contributed by atoms with van der Waals surface area (Å²) < 4.78 is 2.10. The van der Waals surface area contributed by atoms with Gasteiger partial charge in [0.2, 0.25) is 0 Å². The normalized spacial score (nSPS) is 11.2. The minimum Gasteiger partial charge on any atom is -0.325 e. The highest BCUT2D eigenvalue weighted by atomic mass is 32.1. The van der Waals surface area contributed by atoms with E-state index >= 15 is 0 Å². The summed E-state index contributed by atoms with van der Waals surface area (Å²) in [6.45, 7) is 4.73. The van der Waals surface area contributed by atoms with E-state index in [-0.39, 0.29) is 0 Å². The Morgan fingerprint density at radius 3 is 2.92 bits per heavy atom. The second-order valence-corrected chi connectivity index (χ2v) is 4.01. The molecule has 0 aliphatic rings. The monoisotopic (exact) mass is 181 g/mol. The number of hydrogen-bond acceptors (Lipinski definition) is 3. The lowest BCUT2D eigenvalue weighted by Gasteiger charge is -1.88. The quantitative estimate of drug-likeness (QED) is 0.724. The van der Waals surface area contributed by atoms with Crippen molar-refractivity contribution in [2.24, 2.45) is 5.73 Å². The van der Waals surface area contributed by atoms with Crippen LogP contribution in [0.1, 0.15) is 16.3 Å². The molecule has 2 aromatic heterocycles. The van der Waals surface area contributed by atoms with Gasteiger partial charge in [-0.1, -0.05) is 0 Å². The summed E-state index contributed by atoms with van der Waals surface area (Å²) in [5.41, 5.74) is 7.72. The summed E-state index contributed by atoms with van der Waals surface area (Å²) in [5.74, 6) is 0. The zero-order valence-electron chi connectivity index (χ0n) is 7.16. The fourth-order valence-corrected chi connectivity index (χ4v) is 2.17. The van der Waals surface area contributed by atoms with Gasteiger partial charge in [0.05, 0.1) is 5.69 Å². The van der Waals surface area contributed by atoms with Crippen LogP contribution in [0.5, 0.6) is 0 Å². The van der Waals surface area contributed by atoms with Gasteiger partial charge in [0.1, 0.15) is 0 Å². The smallest absolute Gasteiger partial charge is 0.194 e. The largest absolute Gasteiger partial charge is 0.325 e. The number of nitrogens with two attached hydrogens (primary N) is 1. The van der Waals surface area contributed by atoms with Crippen LogP contribution in [0.2, 0.25) is 0 Å². The predicted molar refractivity (Wildman–Crippen MR) is 50.4 cm³/mol. The molecular formula is C8H11N3S. The predicted octanol–water partition coefficient (Wildman–Crippen LogP) is 1.47. The molecular weight excluding hydrogens is 170 g/mol. The maximum absolute atomic E-state index is 5.49. The minimum absolute atomic E-state index is 0.521. The third-order valence-corrected chi connectivity index (χ3v) is 3.12. The zero-order chi connectivity index (χ0) is 8.72. The van der Waals surface area contributed by atoms with E-state index in [1.54, 1.807) is 11.3 Å². The van der Waals surface area contributed by atoms with Gasteiger partial charge in [0.15, 0.2) is 4.96 Å². The van der Waals surface area contributed by atoms with E-state index in [4.69, 9.17) is 5.73 Å². The number of aromatic nitrogens is 2. The molecule has 0 atom stereocenters. The van der Waals surface area contributed by atoms with Crippen molar-refractivity contribution < 1.29 is 0 Å². The zero-order valence-corrected chi connectivity index (χ0v) is 7.98. The Bertz CT molecular complexity index is 413. The van der Waals surface area contributed by atoms with Gasteiger partial charge in [-0.05, 0) is 13.8 Å². The maximum Gasteiger partial charge on any atom is 0.194 e. The molecule has 2 aromatic rings. The second-order valence-electron chi connectivity index (χ2n) is 2.83. The highest BCUT2D eigenvalue weighted by molar-refractivity contribution is 7.17. The van der Waals surface area contributed by atoms with Crippen molar-refractivity contribution in [3.05, 3.63) is 22.5 Å². The third kappa shape index (κ3) is 0.956. The molecule has 0 aromatic carbocycles. The molecule has 2 N–H and O–H groups in total. The Balaban J connectivity index is 2.71. The molecule has 0 aliphatic carbocycles. The molecule has 0 spiro atoms. The molecule has 0 aliphatic heterocycles. The molecule has 12 heavy (non-hydrogen) atoms. The van der Waals surface area contributed by atoms with Crippen LogP contribution in [-0.4, -0.2) is 9.38 Å². The molecule has 0 saturated carbocycles. The number of rotatable bonds is 1. The summed E-state index contributed by atoms with van der Waals surface area (Å²) in [5, 5.41) is 0. The number of hydrogen-bond donors (Lipinski definition) is 1. The van der Waals surface area contributed by atoms with Gasteiger partial charge in [-0.2, -0.15) is 0 Å². The summed E-state index contributed by atoms with van der Waals surface area (Å²) in [4.78, 5) is 6.74. The lowest BCUT2D eigenvalue weighted by molar-refractivity contribution is 1.01. The molecule has 0 bridgehead atoms.